The fourth-order valence-electron chi connectivity index (χ4n) is 3.42. The molecule has 2 aromatic carbocycles. The number of para-hydroxylation sites is 1. The third-order valence-electron chi connectivity index (χ3n) is 4.46. The third kappa shape index (κ3) is 2.10. The molecular weight excluding hydrogens is 298 g/mol. The topological polar surface area (TPSA) is 82.4 Å². The maximum atomic E-state index is 10.3. The minimum Gasteiger partial charge on any atom is -0.504 e. The lowest BCUT2D eigenvalue weighted by Gasteiger charge is -2.37. The average molecular weight is 315 g/mol. The zero-order chi connectivity index (χ0) is 16.1. The van der Waals surface area contributed by atoms with Gasteiger partial charge in [0.15, 0.2) is 23.0 Å². The molecule has 0 unspecified atom stereocenters. The van der Waals surface area contributed by atoms with E-state index in [4.69, 9.17) is 9.47 Å². The van der Waals surface area contributed by atoms with E-state index in [0.717, 1.165) is 11.1 Å². The minimum atomic E-state index is -0.730. The summed E-state index contributed by atoms with van der Waals surface area (Å²) in [6, 6.07) is 8.40. The van der Waals surface area contributed by atoms with Crippen molar-refractivity contribution in [2.24, 2.45) is 0 Å². The fourth-order valence-corrected chi connectivity index (χ4v) is 3.42. The van der Waals surface area contributed by atoms with E-state index >= 15 is 0 Å². The summed E-state index contributed by atoms with van der Waals surface area (Å²) in [6.07, 6.45) is -0.730. The number of likely N-dealkylation sites (N-methyl/N-ethyl adjacent to an activating group) is 1. The second-order valence-electron chi connectivity index (χ2n) is 5.91. The summed E-state index contributed by atoms with van der Waals surface area (Å²) in [5.41, 5.74) is 2.26. The minimum absolute atomic E-state index is 0.180. The summed E-state index contributed by atoms with van der Waals surface area (Å²) in [5.74, 6) is 0.927. The number of hydrogen-bond donors (Lipinski definition) is 3. The van der Waals surface area contributed by atoms with Crippen LogP contribution in [0.15, 0.2) is 30.3 Å². The number of benzene rings is 2. The highest BCUT2D eigenvalue weighted by Crippen LogP contribution is 2.47. The van der Waals surface area contributed by atoms with Crippen molar-refractivity contribution in [1.29, 1.82) is 0 Å². The molecule has 0 aromatic heterocycles. The van der Waals surface area contributed by atoms with Crippen LogP contribution in [0.5, 0.6) is 23.0 Å². The Hall–Kier alpha value is -2.44. The molecule has 2 atom stereocenters. The van der Waals surface area contributed by atoms with E-state index in [1.165, 1.54) is 12.1 Å². The molecule has 0 saturated heterocycles. The Bertz CT molecular complexity index is 776. The number of phenols is 2. The Morgan fingerprint density at radius 1 is 1.04 bits per heavy atom. The number of phenolic OH excluding ortho intramolecular Hbond substituents is 2. The monoisotopic (exact) mass is 315 g/mol. The molecule has 0 fully saturated rings. The van der Waals surface area contributed by atoms with Gasteiger partial charge in [-0.2, -0.15) is 0 Å². The predicted molar refractivity (Wildman–Crippen MR) is 81.8 cm³/mol. The summed E-state index contributed by atoms with van der Waals surface area (Å²) in [4.78, 5) is 1.99. The number of aromatic hydroxyl groups is 2. The average Bonchev–Trinajstić information content (AvgIpc) is 2.99. The first-order valence-corrected chi connectivity index (χ1v) is 7.39. The van der Waals surface area contributed by atoms with Crippen molar-refractivity contribution < 1.29 is 24.8 Å². The zero-order valence-corrected chi connectivity index (χ0v) is 12.6. The molecular formula is C17H17NO5. The van der Waals surface area contributed by atoms with Crippen LogP contribution in [-0.4, -0.2) is 40.6 Å². The molecule has 6 nitrogen and oxygen atoms in total. The van der Waals surface area contributed by atoms with Crippen molar-refractivity contribution >= 4 is 0 Å². The van der Waals surface area contributed by atoms with Gasteiger partial charge in [-0.25, -0.2) is 0 Å². The highest BCUT2D eigenvalue weighted by Gasteiger charge is 2.35. The van der Waals surface area contributed by atoms with Crippen molar-refractivity contribution in [3.8, 4) is 23.0 Å². The first kappa shape index (κ1) is 14.2. The molecule has 2 aliphatic heterocycles. The van der Waals surface area contributed by atoms with Crippen LogP contribution in [0.2, 0.25) is 0 Å². The molecule has 0 saturated carbocycles. The van der Waals surface area contributed by atoms with Gasteiger partial charge in [0.2, 0.25) is 6.79 Å². The van der Waals surface area contributed by atoms with E-state index in [9.17, 15) is 15.3 Å². The number of rotatable bonds is 1. The van der Waals surface area contributed by atoms with E-state index in [0.29, 0.717) is 23.6 Å². The number of aliphatic hydroxyl groups is 1. The number of nitrogens with zero attached hydrogens (tertiary/aromatic N) is 1. The lowest BCUT2D eigenvalue weighted by atomic mass is 9.86. The zero-order valence-electron chi connectivity index (χ0n) is 12.6. The molecule has 0 radical (unpaired) electrons. The first-order valence-electron chi connectivity index (χ1n) is 7.39. The third-order valence-corrected chi connectivity index (χ3v) is 4.46. The number of ether oxygens (including phenoxy) is 2. The van der Waals surface area contributed by atoms with Gasteiger partial charge in [-0.1, -0.05) is 12.1 Å². The highest BCUT2D eigenvalue weighted by molar-refractivity contribution is 5.56. The molecule has 3 N–H and O–H groups in total. The van der Waals surface area contributed by atoms with Crippen LogP contribution in [0.4, 0.5) is 0 Å². The molecule has 2 heterocycles. The molecule has 6 heteroatoms. The van der Waals surface area contributed by atoms with Crippen LogP contribution >= 0.6 is 0 Å². The van der Waals surface area contributed by atoms with Crippen molar-refractivity contribution in [3.05, 3.63) is 47.0 Å². The number of hydrogen-bond acceptors (Lipinski definition) is 6. The van der Waals surface area contributed by atoms with Crippen molar-refractivity contribution in [3.63, 3.8) is 0 Å². The lowest BCUT2D eigenvalue weighted by Crippen LogP contribution is -2.35. The summed E-state index contributed by atoms with van der Waals surface area (Å²) < 4.78 is 11.0. The molecule has 2 aromatic rings. The van der Waals surface area contributed by atoms with Gasteiger partial charge in [0.1, 0.15) is 0 Å². The van der Waals surface area contributed by atoms with Crippen molar-refractivity contribution in [2.75, 3.05) is 20.4 Å². The Kier molecular flexibility index (Phi) is 3.11. The second kappa shape index (κ2) is 5.04. The van der Waals surface area contributed by atoms with E-state index in [-0.39, 0.29) is 24.3 Å². The molecule has 2 aliphatic rings. The van der Waals surface area contributed by atoms with Gasteiger partial charge in [-0.05, 0) is 36.4 Å². The van der Waals surface area contributed by atoms with Crippen LogP contribution in [0.3, 0.4) is 0 Å². The van der Waals surface area contributed by atoms with Gasteiger partial charge in [-0.15, -0.1) is 0 Å². The molecule has 4 rings (SSSR count). The van der Waals surface area contributed by atoms with E-state index in [1.807, 2.05) is 30.1 Å². The fraction of sp³-hybridized carbons (Fsp3) is 0.294. The number of aliphatic hydroxyl groups excluding tert-OH is 1. The highest BCUT2D eigenvalue weighted by atomic mass is 16.7. The van der Waals surface area contributed by atoms with E-state index in [1.54, 1.807) is 0 Å². The summed E-state index contributed by atoms with van der Waals surface area (Å²) >= 11 is 0. The molecule has 0 amide bonds. The van der Waals surface area contributed by atoms with Crippen LogP contribution in [0.25, 0.3) is 0 Å². The first-order chi connectivity index (χ1) is 11.1. The summed E-state index contributed by atoms with van der Waals surface area (Å²) in [5, 5.41) is 30.0. The smallest absolute Gasteiger partial charge is 0.231 e. The van der Waals surface area contributed by atoms with Gasteiger partial charge in [0.05, 0.1) is 12.1 Å². The molecule has 0 spiro atoms. The van der Waals surface area contributed by atoms with E-state index < -0.39 is 6.10 Å². The summed E-state index contributed by atoms with van der Waals surface area (Å²) in [6.45, 7) is 0.589. The SMILES string of the molecule is CN1C[C@H](O)c2cc(O)c(O)cc2[C@H]1c1cccc2c1OCO2. The molecule has 120 valence electrons. The van der Waals surface area contributed by atoms with Gasteiger partial charge < -0.3 is 24.8 Å². The predicted octanol–water partition coefficient (Wildman–Crippen LogP) is 1.89. The van der Waals surface area contributed by atoms with Crippen LogP contribution in [0.1, 0.15) is 28.8 Å². The van der Waals surface area contributed by atoms with Crippen LogP contribution in [-0.2, 0) is 0 Å². The summed E-state index contributed by atoms with van der Waals surface area (Å²) in [7, 11) is 1.90. The molecule has 0 bridgehead atoms. The Morgan fingerprint density at radius 3 is 2.57 bits per heavy atom. The number of fused-ring (bicyclic) bond motifs is 2. The van der Waals surface area contributed by atoms with Crippen molar-refractivity contribution in [1.82, 2.24) is 4.90 Å². The largest absolute Gasteiger partial charge is 0.504 e. The maximum absolute atomic E-state index is 10.3. The normalized spacial score (nSPS) is 22.9. The Morgan fingerprint density at radius 2 is 1.78 bits per heavy atom. The number of β-amino-alcohol motifs (C(OH)–C–C–N with tert-alkyl or cyclic N) is 1. The maximum Gasteiger partial charge on any atom is 0.231 e. The van der Waals surface area contributed by atoms with Crippen LogP contribution in [0, 0.1) is 0 Å². The Labute approximate surface area is 133 Å². The Balaban J connectivity index is 1.92. The molecule has 23 heavy (non-hydrogen) atoms. The second-order valence-corrected chi connectivity index (χ2v) is 5.91. The van der Waals surface area contributed by atoms with Gasteiger partial charge >= 0.3 is 0 Å². The quantitative estimate of drug-likeness (QED) is 0.697. The van der Waals surface area contributed by atoms with Crippen LogP contribution < -0.4 is 9.47 Å². The van der Waals surface area contributed by atoms with Gasteiger partial charge in [0.25, 0.3) is 0 Å². The standard InChI is InChI=1S/C17H17NO5/c1-18-7-14(21)10-5-12(19)13(20)6-11(10)16(18)9-3-2-4-15-17(9)23-8-22-15/h2-6,14,16,19-21H,7-8H2,1H3/t14-,16+/m0/s1. The van der Waals surface area contributed by atoms with Crippen molar-refractivity contribution in [2.45, 2.75) is 12.1 Å². The van der Waals surface area contributed by atoms with Gasteiger partial charge in [-0.3, -0.25) is 4.90 Å². The van der Waals surface area contributed by atoms with E-state index in [2.05, 4.69) is 0 Å². The lowest BCUT2D eigenvalue weighted by molar-refractivity contribution is 0.0928. The molecule has 0 aliphatic carbocycles. The van der Waals surface area contributed by atoms with Gasteiger partial charge in [0, 0.05) is 12.1 Å².